The van der Waals surface area contributed by atoms with Crippen LogP contribution in [0, 0.1) is 0 Å². The molecule has 128 valence electrons. The van der Waals surface area contributed by atoms with Gasteiger partial charge in [0.15, 0.2) is 0 Å². The number of benzene rings is 2. The molecule has 3 rings (SSSR count). The van der Waals surface area contributed by atoms with Crippen molar-refractivity contribution in [3.63, 3.8) is 0 Å². The molecule has 0 atom stereocenters. The maximum atomic E-state index is 12.7. The second-order valence-electron chi connectivity index (χ2n) is 5.44. The number of fused-ring (bicyclic) bond motifs is 1. The summed E-state index contributed by atoms with van der Waals surface area (Å²) in [4.78, 5) is 30.6. The predicted octanol–water partition coefficient (Wildman–Crippen LogP) is 4.11. The molecule has 2 aromatic rings. The smallest absolute Gasteiger partial charge is 0.338 e. The van der Waals surface area contributed by atoms with Gasteiger partial charge in [-0.2, -0.15) is 0 Å². The molecule has 0 bridgehead atoms. The lowest BCUT2D eigenvalue weighted by Gasteiger charge is -2.13. The van der Waals surface area contributed by atoms with Crippen molar-refractivity contribution in [2.45, 2.75) is 13.8 Å². The van der Waals surface area contributed by atoms with Crippen LogP contribution in [0.4, 0.5) is 11.4 Å². The third-order valence-corrected chi connectivity index (χ3v) is 4.38. The number of nitrogens with zero attached hydrogens (tertiary/aromatic N) is 2. The van der Waals surface area contributed by atoms with Gasteiger partial charge in [-0.1, -0.05) is 15.9 Å². The van der Waals surface area contributed by atoms with Gasteiger partial charge in [-0.25, -0.2) is 9.79 Å². The first-order valence-corrected chi connectivity index (χ1v) is 8.82. The Morgan fingerprint density at radius 1 is 1.16 bits per heavy atom. The first kappa shape index (κ1) is 17.4. The number of esters is 1. The minimum atomic E-state index is -0.370. The predicted molar refractivity (Wildman–Crippen MR) is 101 cm³/mol. The Labute approximate surface area is 154 Å². The first-order chi connectivity index (χ1) is 12.0. The van der Waals surface area contributed by atoms with Crippen LogP contribution in [0.1, 0.15) is 29.8 Å². The zero-order chi connectivity index (χ0) is 18.0. The lowest BCUT2D eigenvalue weighted by molar-refractivity contribution is -0.112. The molecule has 0 fully saturated rings. The second kappa shape index (κ2) is 7.19. The first-order valence-electron chi connectivity index (χ1n) is 8.02. The molecular weight excluding hydrogens is 384 g/mol. The van der Waals surface area contributed by atoms with E-state index < -0.39 is 0 Å². The summed E-state index contributed by atoms with van der Waals surface area (Å²) in [6.45, 7) is 4.60. The van der Waals surface area contributed by atoms with Crippen molar-refractivity contribution in [3.05, 3.63) is 58.1 Å². The van der Waals surface area contributed by atoms with E-state index in [1.165, 1.54) is 0 Å². The van der Waals surface area contributed by atoms with Gasteiger partial charge < -0.3 is 9.64 Å². The van der Waals surface area contributed by atoms with Crippen molar-refractivity contribution >= 4 is 44.9 Å². The fraction of sp³-hybridized carbons (Fsp3) is 0.211. The molecule has 1 amide bonds. The number of halogens is 1. The summed E-state index contributed by atoms with van der Waals surface area (Å²) in [7, 11) is 0. The Morgan fingerprint density at radius 3 is 2.52 bits per heavy atom. The fourth-order valence-electron chi connectivity index (χ4n) is 2.72. The number of amides is 1. The van der Waals surface area contributed by atoms with Crippen LogP contribution in [0.2, 0.25) is 0 Å². The third-order valence-electron chi connectivity index (χ3n) is 3.89. The van der Waals surface area contributed by atoms with Gasteiger partial charge >= 0.3 is 5.97 Å². The van der Waals surface area contributed by atoms with Gasteiger partial charge in [-0.3, -0.25) is 4.79 Å². The molecule has 5 nitrogen and oxygen atoms in total. The highest BCUT2D eigenvalue weighted by molar-refractivity contribution is 9.10. The highest BCUT2D eigenvalue weighted by atomic mass is 79.9. The third kappa shape index (κ3) is 3.35. The van der Waals surface area contributed by atoms with Gasteiger partial charge in [0, 0.05) is 16.6 Å². The highest BCUT2D eigenvalue weighted by Crippen LogP contribution is 2.33. The van der Waals surface area contributed by atoms with Crippen molar-refractivity contribution < 1.29 is 14.3 Å². The average molecular weight is 401 g/mol. The summed E-state index contributed by atoms with van der Waals surface area (Å²) in [5.74, 6) is -0.491. The van der Waals surface area contributed by atoms with E-state index in [-0.39, 0.29) is 11.9 Å². The van der Waals surface area contributed by atoms with E-state index in [1.807, 2.05) is 25.1 Å². The Balaban J connectivity index is 1.97. The molecule has 0 spiro atoms. The lowest BCUT2D eigenvalue weighted by atomic mass is 10.1. The van der Waals surface area contributed by atoms with Crippen molar-refractivity contribution in [2.24, 2.45) is 4.99 Å². The summed E-state index contributed by atoms with van der Waals surface area (Å²) in [5, 5.41) is 0. The van der Waals surface area contributed by atoms with Crippen LogP contribution in [0.5, 0.6) is 0 Å². The topological polar surface area (TPSA) is 59.0 Å². The van der Waals surface area contributed by atoms with Crippen molar-refractivity contribution in [3.8, 4) is 0 Å². The number of likely N-dealkylation sites (N-methyl/N-ethyl adjacent to an activating group) is 1. The van der Waals surface area contributed by atoms with Gasteiger partial charge in [0.05, 0.1) is 23.5 Å². The minimum Gasteiger partial charge on any atom is -0.462 e. The number of hydrogen-bond acceptors (Lipinski definition) is 4. The molecule has 25 heavy (non-hydrogen) atoms. The van der Waals surface area contributed by atoms with Crippen LogP contribution >= 0.6 is 15.9 Å². The summed E-state index contributed by atoms with van der Waals surface area (Å²) in [6, 6.07) is 12.4. The maximum absolute atomic E-state index is 12.7. The molecular formula is C19H17BrN2O3. The Morgan fingerprint density at radius 2 is 1.88 bits per heavy atom. The molecule has 0 saturated carbocycles. The summed E-state index contributed by atoms with van der Waals surface area (Å²) in [6.07, 6.45) is 0. The van der Waals surface area contributed by atoms with E-state index in [0.717, 1.165) is 15.7 Å². The zero-order valence-electron chi connectivity index (χ0n) is 14.0. The number of carbonyl (C=O) groups excluding carboxylic acids is 2. The monoisotopic (exact) mass is 400 g/mol. The Hall–Kier alpha value is -2.47. The standard InChI is InChI=1S/C19H17BrN2O3/c1-3-22-16-10-7-13(20)11-15(16)17(18(22)23)21-14-8-5-12(6-9-14)19(24)25-4-2/h5-11H,3-4H2,1-2H3. The van der Waals surface area contributed by atoms with E-state index in [2.05, 4.69) is 20.9 Å². The van der Waals surface area contributed by atoms with Crippen LogP contribution in [0.25, 0.3) is 0 Å². The van der Waals surface area contributed by atoms with Gasteiger partial charge in [0.1, 0.15) is 5.71 Å². The quantitative estimate of drug-likeness (QED) is 0.725. The van der Waals surface area contributed by atoms with E-state index in [1.54, 1.807) is 36.1 Å². The van der Waals surface area contributed by atoms with Gasteiger partial charge in [-0.05, 0) is 56.3 Å². The molecule has 0 N–H and O–H groups in total. The molecule has 1 aliphatic heterocycles. The SMILES string of the molecule is CCOC(=O)c1ccc(N=C2C(=O)N(CC)c3ccc(Br)cc32)cc1. The summed E-state index contributed by atoms with van der Waals surface area (Å²) in [5.41, 5.74) is 3.14. The highest BCUT2D eigenvalue weighted by Gasteiger charge is 2.33. The van der Waals surface area contributed by atoms with Crippen molar-refractivity contribution in [1.82, 2.24) is 0 Å². The summed E-state index contributed by atoms with van der Waals surface area (Å²) >= 11 is 3.44. The van der Waals surface area contributed by atoms with E-state index in [0.29, 0.717) is 30.1 Å². The fourth-order valence-corrected chi connectivity index (χ4v) is 3.08. The molecule has 1 aliphatic rings. The van der Waals surface area contributed by atoms with Crippen LogP contribution in [0.3, 0.4) is 0 Å². The maximum Gasteiger partial charge on any atom is 0.338 e. The number of anilines is 1. The molecule has 0 radical (unpaired) electrons. The van der Waals surface area contributed by atoms with E-state index in [4.69, 9.17) is 4.74 Å². The number of ether oxygens (including phenoxy) is 1. The number of aliphatic imine (C=N–C) groups is 1. The van der Waals surface area contributed by atoms with Gasteiger partial charge in [0.2, 0.25) is 0 Å². The lowest BCUT2D eigenvalue weighted by Crippen LogP contribution is -2.29. The molecule has 2 aromatic carbocycles. The second-order valence-corrected chi connectivity index (χ2v) is 6.35. The normalized spacial score (nSPS) is 14.8. The molecule has 1 heterocycles. The largest absolute Gasteiger partial charge is 0.462 e. The average Bonchev–Trinajstić information content (AvgIpc) is 2.86. The van der Waals surface area contributed by atoms with Crippen LogP contribution in [0.15, 0.2) is 51.9 Å². The van der Waals surface area contributed by atoms with Crippen molar-refractivity contribution in [2.75, 3.05) is 18.1 Å². The number of carbonyl (C=O) groups is 2. The van der Waals surface area contributed by atoms with Crippen LogP contribution in [-0.2, 0) is 9.53 Å². The summed E-state index contributed by atoms with van der Waals surface area (Å²) < 4.78 is 5.86. The molecule has 0 aromatic heterocycles. The Bertz CT molecular complexity index is 859. The van der Waals surface area contributed by atoms with Gasteiger partial charge in [-0.15, -0.1) is 0 Å². The van der Waals surface area contributed by atoms with Crippen LogP contribution < -0.4 is 4.90 Å². The van der Waals surface area contributed by atoms with Crippen LogP contribution in [-0.4, -0.2) is 30.7 Å². The van der Waals surface area contributed by atoms with Crippen molar-refractivity contribution in [1.29, 1.82) is 0 Å². The molecule has 0 aliphatic carbocycles. The molecule has 6 heteroatoms. The minimum absolute atomic E-state index is 0.120. The number of hydrogen-bond donors (Lipinski definition) is 0. The molecule has 0 saturated heterocycles. The zero-order valence-corrected chi connectivity index (χ0v) is 15.5. The number of rotatable bonds is 4. The van der Waals surface area contributed by atoms with Gasteiger partial charge in [0.25, 0.3) is 5.91 Å². The van der Waals surface area contributed by atoms with E-state index in [9.17, 15) is 9.59 Å². The van der Waals surface area contributed by atoms with E-state index >= 15 is 0 Å². The Kier molecular flexibility index (Phi) is 4.99. The molecule has 0 unspecified atom stereocenters.